The fourth-order valence-electron chi connectivity index (χ4n) is 2.92. The first kappa shape index (κ1) is 20.8. The lowest BCUT2D eigenvalue weighted by atomic mass is 10.2. The van der Waals surface area contributed by atoms with E-state index in [1.54, 1.807) is 42.5 Å². The van der Waals surface area contributed by atoms with Gasteiger partial charge in [-0.3, -0.25) is 10.4 Å². The number of ether oxygens (including phenoxy) is 1. The van der Waals surface area contributed by atoms with Gasteiger partial charge in [-0.1, -0.05) is 34.1 Å². The number of hydrogen-bond acceptors (Lipinski definition) is 3. The lowest BCUT2D eigenvalue weighted by Gasteiger charge is -2.08. The largest absolute Gasteiger partial charge is 0.489 e. The molecule has 0 bridgehead atoms. The third kappa shape index (κ3) is 5.18. The molecule has 4 aromatic rings. The summed E-state index contributed by atoms with van der Waals surface area (Å²) < 4.78 is 33.2. The minimum atomic E-state index is -0.441. The van der Waals surface area contributed by atoms with Crippen molar-refractivity contribution in [3.63, 3.8) is 0 Å². The number of aromatic nitrogens is 2. The lowest BCUT2D eigenvalue weighted by molar-refractivity contribution is 0.251. The van der Waals surface area contributed by atoms with Crippen molar-refractivity contribution in [3.05, 3.63) is 87.9 Å². The van der Waals surface area contributed by atoms with Gasteiger partial charge >= 0.3 is 6.03 Å². The van der Waals surface area contributed by atoms with Gasteiger partial charge in [-0.25, -0.2) is 13.6 Å². The molecule has 3 aromatic carbocycles. The van der Waals surface area contributed by atoms with E-state index >= 15 is 0 Å². The Balaban J connectivity index is 1.37. The van der Waals surface area contributed by atoms with Gasteiger partial charge in [-0.2, -0.15) is 5.10 Å². The van der Waals surface area contributed by atoms with E-state index in [0.717, 1.165) is 5.56 Å². The van der Waals surface area contributed by atoms with E-state index in [-0.39, 0.29) is 24.8 Å². The summed E-state index contributed by atoms with van der Waals surface area (Å²) in [7, 11) is 0. The second kappa shape index (κ2) is 9.13. The molecule has 2 amide bonds. The molecular weight excluding hydrogens is 470 g/mol. The highest BCUT2D eigenvalue weighted by Crippen LogP contribution is 2.26. The number of fused-ring (bicyclic) bond motifs is 1. The zero-order chi connectivity index (χ0) is 21.8. The molecule has 158 valence electrons. The number of urea groups is 1. The maximum atomic E-state index is 13.9. The van der Waals surface area contributed by atoms with Gasteiger partial charge in [0.2, 0.25) is 0 Å². The second-order valence-electron chi connectivity index (χ2n) is 6.74. The number of carbonyl (C=O) groups is 1. The number of aromatic amines is 1. The summed E-state index contributed by atoms with van der Waals surface area (Å²) in [5.41, 5.74) is 1.86. The average Bonchev–Trinajstić information content (AvgIpc) is 3.14. The normalized spacial score (nSPS) is 10.8. The molecule has 3 N–H and O–H groups in total. The van der Waals surface area contributed by atoms with Gasteiger partial charge < -0.3 is 10.1 Å². The first-order valence-electron chi connectivity index (χ1n) is 9.32. The predicted octanol–water partition coefficient (Wildman–Crippen LogP) is 5.50. The molecule has 4 rings (SSSR count). The number of halogens is 3. The van der Waals surface area contributed by atoms with Crippen molar-refractivity contribution in [2.75, 3.05) is 5.32 Å². The SMILES string of the molecule is O=C(NCc1ccc(F)cc1)Nc1n[nH]c2cc(OCc3ccc(Br)cc3F)ccc12. The molecule has 0 spiro atoms. The molecule has 0 saturated heterocycles. The molecular formula is C22H17BrF2N4O2. The minimum Gasteiger partial charge on any atom is -0.489 e. The summed E-state index contributed by atoms with van der Waals surface area (Å²) in [5, 5.41) is 13.0. The maximum Gasteiger partial charge on any atom is 0.320 e. The quantitative estimate of drug-likeness (QED) is 0.336. The van der Waals surface area contributed by atoms with Crippen LogP contribution in [0, 0.1) is 11.6 Å². The van der Waals surface area contributed by atoms with E-state index in [1.807, 2.05) is 0 Å². The number of amides is 2. The van der Waals surface area contributed by atoms with Crippen LogP contribution in [0.25, 0.3) is 10.9 Å². The van der Waals surface area contributed by atoms with Crippen LogP contribution in [-0.4, -0.2) is 16.2 Å². The highest BCUT2D eigenvalue weighted by Gasteiger charge is 2.11. The number of carbonyl (C=O) groups excluding carboxylic acids is 1. The van der Waals surface area contributed by atoms with Crippen molar-refractivity contribution < 1.29 is 18.3 Å². The van der Waals surface area contributed by atoms with Gasteiger partial charge in [0.25, 0.3) is 0 Å². The Morgan fingerprint density at radius 2 is 1.87 bits per heavy atom. The molecule has 1 heterocycles. The van der Waals surface area contributed by atoms with Gasteiger partial charge in [0.1, 0.15) is 24.0 Å². The smallest absolute Gasteiger partial charge is 0.320 e. The zero-order valence-electron chi connectivity index (χ0n) is 16.1. The molecule has 0 radical (unpaired) electrons. The van der Waals surface area contributed by atoms with Crippen molar-refractivity contribution in [3.8, 4) is 5.75 Å². The minimum absolute atomic E-state index is 0.0790. The molecule has 0 aliphatic carbocycles. The van der Waals surface area contributed by atoms with Gasteiger partial charge in [-0.15, -0.1) is 0 Å². The van der Waals surface area contributed by atoms with Crippen molar-refractivity contribution >= 4 is 38.7 Å². The number of nitrogens with one attached hydrogen (secondary N) is 3. The van der Waals surface area contributed by atoms with Gasteiger partial charge in [0.05, 0.1) is 5.52 Å². The summed E-state index contributed by atoms with van der Waals surface area (Å²) in [6, 6.07) is 15.4. The number of hydrogen-bond donors (Lipinski definition) is 3. The van der Waals surface area contributed by atoms with Crippen LogP contribution in [-0.2, 0) is 13.2 Å². The molecule has 0 aliphatic heterocycles. The maximum absolute atomic E-state index is 13.9. The molecule has 1 aromatic heterocycles. The van der Waals surface area contributed by atoms with Crippen LogP contribution in [0.1, 0.15) is 11.1 Å². The Morgan fingerprint density at radius 3 is 2.65 bits per heavy atom. The first-order valence-corrected chi connectivity index (χ1v) is 10.1. The third-order valence-corrected chi connectivity index (χ3v) is 5.04. The molecule has 0 atom stereocenters. The number of H-pyrrole nitrogens is 1. The fourth-order valence-corrected chi connectivity index (χ4v) is 3.25. The Kier molecular flexibility index (Phi) is 6.13. The molecule has 0 unspecified atom stereocenters. The molecule has 0 aliphatic rings. The Hall–Kier alpha value is -3.46. The summed E-state index contributed by atoms with van der Waals surface area (Å²) in [4.78, 5) is 12.2. The van der Waals surface area contributed by atoms with Gasteiger partial charge in [0.15, 0.2) is 5.82 Å². The predicted molar refractivity (Wildman–Crippen MR) is 117 cm³/mol. The average molecular weight is 487 g/mol. The van der Waals surface area contributed by atoms with E-state index in [9.17, 15) is 13.6 Å². The molecule has 0 saturated carbocycles. The fraction of sp³-hybridized carbons (Fsp3) is 0.0909. The summed E-state index contributed by atoms with van der Waals surface area (Å²) in [6.45, 7) is 0.328. The first-order chi connectivity index (χ1) is 15.0. The van der Waals surface area contributed by atoms with E-state index in [1.165, 1.54) is 18.2 Å². The number of anilines is 1. The van der Waals surface area contributed by atoms with Crippen LogP contribution >= 0.6 is 15.9 Å². The second-order valence-corrected chi connectivity index (χ2v) is 7.65. The van der Waals surface area contributed by atoms with Crippen LogP contribution in [0.3, 0.4) is 0 Å². The summed E-state index contributed by atoms with van der Waals surface area (Å²) in [6.07, 6.45) is 0. The van der Waals surface area contributed by atoms with Crippen molar-refractivity contribution in [1.29, 1.82) is 0 Å². The van der Waals surface area contributed by atoms with Crippen LogP contribution in [0.4, 0.5) is 19.4 Å². The topological polar surface area (TPSA) is 79.0 Å². The van der Waals surface area contributed by atoms with E-state index < -0.39 is 6.03 Å². The Labute approximate surface area is 184 Å². The highest BCUT2D eigenvalue weighted by molar-refractivity contribution is 9.10. The van der Waals surface area contributed by atoms with E-state index in [0.29, 0.717) is 32.5 Å². The van der Waals surface area contributed by atoms with E-state index in [4.69, 9.17) is 4.74 Å². The Bertz CT molecular complexity index is 1230. The summed E-state index contributed by atoms with van der Waals surface area (Å²) >= 11 is 3.22. The van der Waals surface area contributed by atoms with Crippen LogP contribution in [0.2, 0.25) is 0 Å². The van der Waals surface area contributed by atoms with Gasteiger partial charge in [-0.05, 0) is 42.0 Å². The molecule has 31 heavy (non-hydrogen) atoms. The zero-order valence-corrected chi connectivity index (χ0v) is 17.7. The number of benzene rings is 3. The number of rotatable bonds is 6. The standard InChI is InChI=1S/C22H17BrF2N4O2/c23-15-4-3-14(19(25)9-15)12-31-17-7-8-18-20(10-17)28-29-21(18)27-22(30)26-11-13-1-5-16(24)6-2-13/h1-10H,11-12H2,(H3,26,27,28,29,30). The summed E-state index contributed by atoms with van der Waals surface area (Å²) in [5.74, 6) is 0.208. The monoisotopic (exact) mass is 486 g/mol. The number of nitrogens with zero attached hydrogens (tertiary/aromatic N) is 1. The third-order valence-electron chi connectivity index (χ3n) is 4.54. The molecule has 0 fully saturated rings. The van der Waals surface area contributed by atoms with Gasteiger partial charge in [0, 0.05) is 28.0 Å². The van der Waals surface area contributed by atoms with E-state index in [2.05, 4.69) is 36.8 Å². The van der Waals surface area contributed by atoms with Crippen LogP contribution in [0.15, 0.2) is 65.1 Å². The lowest BCUT2D eigenvalue weighted by Crippen LogP contribution is -2.28. The van der Waals surface area contributed by atoms with Crippen molar-refractivity contribution in [2.24, 2.45) is 0 Å². The highest BCUT2D eigenvalue weighted by atomic mass is 79.9. The van der Waals surface area contributed by atoms with Crippen LogP contribution in [0.5, 0.6) is 5.75 Å². The van der Waals surface area contributed by atoms with Crippen molar-refractivity contribution in [2.45, 2.75) is 13.2 Å². The van der Waals surface area contributed by atoms with Crippen LogP contribution < -0.4 is 15.4 Å². The Morgan fingerprint density at radius 1 is 1.06 bits per heavy atom. The molecule has 6 nitrogen and oxygen atoms in total. The van der Waals surface area contributed by atoms with Crippen molar-refractivity contribution in [1.82, 2.24) is 15.5 Å². The molecule has 9 heteroatoms.